The minimum atomic E-state index is -0.769. The van der Waals surface area contributed by atoms with Gasteiger partial charge in [-0.05, 0) is 86.3 Å². The predicted molar refractivity (Wildman–Crippen MR) is 131 cm³/mol. The summed E-state index contributed by atoms with van der Waals surface area (Å²) in [5, 5.41) is 6.17. The summed E-state index contributed by atoms with van der Waals surface area (Å²) in [4.78, 5) is 40.9. The standard InChI is InChI=1S/C27H38N4O4/c1-35-21-6-4-16(5-7-21)14-22(29-24(32)15-28)27(34)31-8-2-3-23(31)26(33)30-25-19-10-17-9-18(12-19)13-20(25)11-17/h4-7,17-20,22-23,25H,2-3,8-15,28H2,1H3,(H,29,32)(H,30,33)/t17?,18?,19?,20?,22-,23?,25?/m0/s1. The average Bonchev–Trinajstić information content (AvgIpc) is 3.35. The Hall–Kier alpha value is -2.61. The van der Waals surface area contributed by atoms with Crippen LogP contribution in [0.5, 0.6) is 5.75 Å². The van der Waals surface area contributed by atoms with Gasteiger partial charge in [-0.3, -0.25) is 14.4 Å². The molecule has 3 amide bonds. The van der Waals surface area contributed by atoms with Crippen LogP contribution in [0.2, 0.25) is 0 Å². The molecule has 5 aliphatic rings. The molecule has 1 heterocycles. The van der Waals surface area contributed by atoms with E-state index in [4.69, 9.17) is 10.5 Å². The van der Waals surface area contributed by atoms with E-state index in [1.54, 1.807) is 12.0 Å². The molecule has 190 valence electrons. The highest BCUT2D eigenvalue weighted by molar-refractivity contribution is 5.93. The van der Waals surface area contributed by atoms with Gasteiger partial charge < -0.3 is 26.0 Å². The average molecular weight is 483 g/mol. The first kappa shape index (κ1) is 24.1. The second kappa shape index (κ2) is 10.2. The van der Waals surface area contributed by atoms with Gasteiger partial charge in [0.05, 0.1) is 13.7 Å². The summed E-state index contributed by atoms with van der Waals surface area (Å²) in [6.45, 7) is 0.332. The molecule has 4 saturated carbocycles. The Labute approximate surface area is 207 Å². The molecule has 5 fully saturated rings. The van der Waals surface area contributed by atoms with E-state index in [1.165, 1.54) is 32.1 Å². The lowest BCUT2D eigenvalue weighted by atomic mass is 9.54. The fourth-order valence-electron chi connectivity index (χ4n) is 7.38. The molecule has 35 heavy (non-hydrogen) atoms. The maximum atomic E-state index is 13.6. The van der Waals surface area contributed by atoms with E-state index in [2.05, 4.69) is 10.6 Å². The lowest BCUT2D eigenvalue weighted by Crippen LogP contribution is -2.60. The zero-order chi connectivity index (χ0) is 24.5. The Bertz CT molecular complexity index is 921. The van der Waals surface area contributed by atoms with Crippen LogP contribution in [-0.2, 0) is 20.8 Å². The van der Waals surface area contributed by atoms with Crippen molar-refractivity contribution in [1.82, 2.24) is 15.5 Å². The summed E-state index contributed by atoms with van der Waals surface area (Å²) in [5.41, 5.74) is 6.42. The maximum absolute atomic E-state index is 13.6. The second-order valence-corrected chi connectivity index (χ2v) is 11.0. The van der Waals surface area contributed by atoms with Gasteiger partial charge in [0, 0.05) is 19.0 Å². The third kappa shape index (κ3) is 5.03. The van der Waals surface area contributed by atoms with Gasteiger partial charge in [0.15, 0.2) is 0 Å². The molecule has 1 aromatic carbocycles. The van der Waals surface area contributed by atoms with Gasteiger partial charge in [0.25, 0.3) is 0 Å². The third-order valence-corrected chi connectivity index (χ3v) is 8.79. The predicted octanol–water partition coefficient (Wildman–Crippen LogP) is 1.61. The molecule has 0 spiro atoms. The highest BCUT2D eigenvalue weighted by Crippen LogP contribution is 2.53. The van der Waals surface area contributed by atoms with Crippen LogP contribution in [0, 0.1) is 23.7 Å². The van der Waals surface area contributed by atoms with E-state index in [0.717, 1.165) is 29.6 Å². The Balaban J connectivity index is 1.27. The third-order valence-electron chi connectivity index (χ3n) is 8.79. The summed E-state index contributed by atoms with van der Waals surface area (Å²) < 4.78 is 5.22. The van der Waals surface area contributed by atoms with Gasteiger partial charge in [-0.1, -0.05) is 12.1 Å². The van der Waals surface area contributed by atoms with Crippen LogP contribution in [0.1, 0.15) is 50.5 Å². The topological polar surface area (TPSA) is 114 Å². The number of methoxy groups -OCH3 is 1. The van der Waals surface area contributed by atoms with E-state index >= 15 is 0 Å². The normalized spacial score (nSPS) is 31.8. The van der Waals surface area contributed by atoms with E-state index < -0.39 is 12.1 Å². The summed E-state index contributed by atoms with van der Waals surface area (Å²) in [6, 6.07) is 6.43. The van der Waals surface area contributed by atoms with Gasteiger partial charge in [0.1, 0.15) is 17.8 Å². The number of rotatable bonds is 8. The Morgan fingerprint density at radius 2 is 1.71 bits per heavy atom. The van der Waals surface area contributed by atoms with Gasteiger partial charge in [-0.2, -0.15) is 0 Å². The van der Waals surface area contributed by atoms with Crippen molar-refractivity contribution in [3.63, 3.8) is 0 Å². The van der Waals surface area contributed by atoms with Gasteiger partial charge in [-0.25, -0.2) is 0 Å². The van der Waals surface area contributed by atoms with Crippen molar-refractivity contribution in [3.8, 4) is 5.75 Å². The second-order valence-electron chi connectivity index (χ2n) is 11.0. The van der Waals surface area contributed by atoms with E-state index in [1.807, 2.05) is 24.3 Å². The van der Waals surface area contributed by atoms with Gasteiger partial charge in [0.2, 0.25) is 17.7 Å². The first-order valence-corrected chi connectivity index (χ1v) is 13.2. The molecular weight excluding hydrogens is 444 g/mol. The first-order valence-electron chi connectivity index (χ1n) is 13.2. The lowest BCUT2D eigenvalue weighted by molar-refractivity contribution is -0.142. The number of carbonyl (C=O) groups excluding carboxylic acids is 3. The molecule has 8 heteroatoms. The van der Waals surface area contributed by atoms with Crippen molar-refractivity contribution in [2.45, 2.75) is 69.5 Å². The molecule has 4 bridgehead atoms. The van der Waals surface area contributed by atoms with Crippen molar-refractivity contribution in [2.24, 2.45) is 29.4 Å². The summed E-state index contributed by atoms with van der Waals surface area (Å²) in [5.74, 6) is 2.97. The molecule has 1 aromatic rings. The number of nitrogens with one attached hydrogen (secondary N) is 2. The lowest BCUT2D eigenvalue weighted by Gasteiger charge is -2.54. The molecule has 6 rings (SSSR count). The molecule has 4 N–H and O–H groups in total. The zero-order valence-corrected chi connectivity index (χ0v) is 20.6. The summed E-state index contributed by atoms with van der Waals surface area (Å²) in [6.07, 6.45) is 8.09. The van der Waals surface area contributed by atoms with Crippen LogP contribution >= 0.6 is 0 Å². The monoisotopic (exact) mass is 482 g/mol. The highest BCUT2D eigenvalue weighted by atomic mass is 16.5. The summed E-state index contributed by atoms with van der Waals surface area (Å²) in [7, 11) is 1.60. The molecule has 0 radical (unpaired) electrons. The number of benzene rings is 1. The van der Waals surface area contributed by atoms with Gasteiger partial charge in [-0.15, -0.1) is 0 Å². The van der Waals surface area contributed by atoms with Crippen molar-refractivity contribution < 1.29 is 19.1 Å². The number of hydrogen-bond donors (Lipinski definition) is 3. The number of nitrogens with zero attached hydrogens (tertiary/aromatic N) is 1. The quantitative estimate of drug-likeness (QED) is 0.521. The smallest absolute Gasteiger partial charge is 0.246 e. The maximum Gasteiger partial charge on any atom is 0.246 e. The Morgan fingerprint density at radius 3 is 2.31 bits per heavy atom. The summed E-state index contributed by atoms with van der Waals surface area (Å²) >= 11 is 0. The van der Waals surface area contributed by atoms with Crippen LogP contribution in [0.15, 0.2) is 24.3 Å². The Morgan fingerprint density at radius 1 is 1.06 bits per heavy atom. The largest absolute Gasteiger partial charge is 0.497 e. The van der Waals surface area contributed by atoms with Gasteiger partial charge >= 0.3 is 0 Å². The van der Waals surface area contributed by atoms with Crippen molar-refractivity contribution in [3.05, 3.63) is 29.8 Å². The SMILES string of the molecule is COc1ccc(C[C@H](NC(=O)CN)C(=O)N2CCCC2C(=O)NC2C3CC4CC(C3)CC2C4)cc1. The van der Waals surface area contributed by atoms with E-state index in [0.29, 0.717) is 31.2 Å². The Kier molecular flexibility index (Phi) is 7.00. The zero-order valence-electron chi connectivity index (χ0n) is 20.6. The fourth-order valence-corrected chi connectivity index (χ4v) is 7.38. The molecule has 1 saturated heterocycles. The van der Waals surface area contributed by atoms with E-state index in [-0.39, 0.29) is 30.3 Å². The fraction of sp³-hybridized carbons (Fsp3) is 0.667. The molecule has 1 unspecified atom stereocenters. The van der Waals surface area contributed by atoms with Crippen LogP contribution in [0.4, 0.5) is 0 Å². The molecule has 1 aliphatic heterocycles. The number of amides is 3. The van der Waals surface area contributed by atoms with Crippen molar-refractivity contribution in [2.75, 3.05) is 20.2 Å². The molecule has 2 atom stereocenters. The number of carbonyl (C=O) groups is 3. The minimum Gasteiger partial charge on any atom is -0.497 e. The van der Waals surface area contributed by atoms with Crippen LogP contribution in [-0.4, -0.2) is 60.9 Å². The van der Waals surface area contributed by atoms with Crippen molar-refractivity contribution in [1.29, 1.82) is 0 Å². The highest BCUT2D eigenvalue weighted by Gasteiger charge is 2.49. The molecule has 8 nitrogen and oxygen atoms in total. The number of ether oxygens (including phenoxy) is 1. The minimum absolute atomic E-state index is 0.0262. The molecular formula is C27H38N4O4. The number of likely N-dealkylation sites (tertiary alicyclic amines) is 1. The van der Waals surface area contributed by atoms with Crippen LogP contribution in [0.3, 0.4) is 0 Å². The van der Waals surface area contributed by atoms with Crippen LogP contribution < -0.4 is 21.1 Å². The van der Waals surface area contributed by atoms with Crippen LogP contribution in [0.25, 0.3) is 0 Å². The van der Waals surface area contributed by atoms with E-state index in [9.17, 15) is 14.4 Å². The first-order chi connectivity index (χ1) is 16.9. The molecule has 0 aromatic heterocycles. The number of hydrogen-bond acceptors (Lipinski definition) is 5. The number of nitrogens with two attached hydrogens (primary N) is 1. The van der Waals surface area contributed by atoms with Crippen molar-refractivity contribution >= 4 is 17.7 Å². The molecule has 4 aliphatic carbocycles.